The molecule has 3 aromatic rings. The summed E-state index contributed by atoms with van der Waals surface area (Å²) in [6.07, 6.45) is 7.22. The SMILES string of the molecule is C=CC(=O)N1C[C@@H]2C[C@H]1CN2c1ncc2ncnc(Nc3ccc(OC4CC4)c(Cl)c3F)c2n1. The van der Waals surface area contributed by atoms with Crippen LogP contribution >= 0.6 is 11.6 Å². The molecule has 11 heteroatoms. The molecule has 2 aliphatic heterocycles. The molecule has 2 bridgehead atoms. The molecule has 1 aromatic carbocycles. The Hall–Kier alpha value is -3.53. The zero-order chi connectivity index (χ0) is 23.4. The molecule has 34 heavy (non-hydrogen) atoms. The maximum absolute atomic E-state index is 15.0. The third-order valence-electron chi connectivity index (χ3n) is 6.44. The van der Waals surface area contributed by atoms with Crippen molar-refractivity contribution in [3.05, 3.63) is 48.2 Å². The molecule has 2 aromatic heterocycles. The highest BCUT2D eigenvalue weighted by atomic mass is 35.5. The van der Waals surface area contributed by atoms with Gasteiger partial charge in [0.05, 0.1) is 30.1 Å². The van der Waals surface area contributed by atoms with E-state index in [-0.39, 0.29) is 34.8 Å². The van der Waals surface area contributed by atoms with Crippen molar-refractivity contribution in [3.63, 3.8) is 0 Å². The van der Waals surface area contributed by atoms with Crippen LogP contribution in [-0.2, 0) is 4.79 Å². The lowest BCUT2D eigenvalue weighted by Crippen LogP contribution is -2.48. The van der Waals surface area contributed by atoms with Gasteiger partial charge in [-0.2, -0.15) is 0 Å². The van der Waals surface area contributed by atoms with Crippen LogP contribution in [0.4, 0.5) is 21.8 Å². The number of aromatic nitrogens is 4. The van der Waals surface area contributed by atoms with Gasteiger partial charge in [0.1, 0.15) is 28.1 Å². The number of anilines is 3. The number of carbonyl (C=O) groups excluding carboxylic acids is 1. The normalized spacial score (nSPS) is 21.2. The van der Waals surface area contributed by atoms with Crippen LogP contribution in [0.15, 0.2) is 37.3 Å². The van der Waals surface area contributed by atoms with E-state index < -0.39 is 5.82 Å². The van der Waals surface area contributed by atoms with Crippen LogP contribution in [0.3, 0.4) is 0 Å². The standard InChI is InChI=1S/C23H21ClFN7O2/c1-2-18(33)31-9-13-7-12(31)10-32(13)23-26-8-16-21(30-23)22(28-11-27-16)29-15-5-6-17(19(24)20(15)25)34-14-3-4-14/h2,5-6,8,11-14H,1,3-4,7,9-10H2,(H,27,28,29)/t12-,13-/m0/s1. The second-order valence-electron chi connectivity index (χ2n) is 8.70. The van der Waals surface area contributed by atoms with Gasteiger partial charge in [0.25, 0.3) is 0 Å². The molecule has 1 N–H and O–H groups in total. The van der Waals surface area contributed by atoms with Crippen LogP contribution in [0.25, 0.3) is 11.0 Å². The minimum absolute atomic E-state index is 0.0549. The fourth-order valence-corrected chi connectivity index (χ4v) is 4.80. The molecule has 1 amide bonds. The number of halogens is 2. The van der Waals surface area contributed by atoms with Crippen LogP contribution in [0.1, 0.15) is 19.3 Å². The van der Waals surface area contributed by atoms with Crippen LogP contribution in [0.5, 0.6) is 5.75 Å². The van der Waals surface area contributed by atoms with Gasteiger partial charge in [-0.05, 0) is 37.5 Å². The lowest BCUT2D eigenvalue weighted by molar-refractivity contribution is -0.127. The second kappa shape index (κ2) is 8.05. The van der Waals surface area contributed by atoms with Crippen molar-refractivity contribution in [1.82, 2.24) is 24.8 Å². The Kier molecular flexibility index (Phi) is 4.98. The summed E-state index contributed by atoms with van der Waals surface area (Å²) in [6.45, 7) is 4.82. The van der Waals surface area contributed by atoms with Gasteiger partial charge in [-0.15, -0.1) is 0 Å². The maximum atomic E-state index is 15.0. The van der Waals surface area contributed by atoms with E-state index in [9.17, 15) is 9.18 Å². The van der Waals surface area contributed by atoms with Crippen LogP contribution in [0.2, 0.25) is 5.02 Å². The van der Waals surface area contributed by atoms with E-state index in [0.29, 0.717) is 41.6 Å². The lowest BCUT2D eigenvalue weighted by atomic mass is 10.2. The Bertz CT molecular complexity index is 1320. The van der Waals surface area contributed by atoms with E-state index >= 15 is 0 Å². The Morgan fingerprint density at radius 2 is 2.09 bits per heavy atom. The first kappa shape index (κ1) is 21.0. The van der Waals surface area contributed by atoms with Gasteiger partial charge >= 0.3 is 0 Å². The summed E-state index contributed by atoms with van der Waals surface area (Å²) in [5.74, 6) is 0.519. The third-order valence-corrected chi connectivity index (χ3v) is 6.79. The zero-order valence-corrected chi connectivity index (χ0v) is 18.9. The fourth-order valence-electron chi connectivity index (χ4n) is 4.59. The highest BCUT2D eigenvalue weighted by Crippen LogP contribution is 2.38. The van der Waals surface area contributed by atoms with Gasteiger partial charge in [0, 0.05) is 13.1 Å². The van der Waals surface area contributed by atoms with Gasteiger partial charge < -0.3 is 19.9 Å². The zero-order valence-electron chi connectivity index (χ0n) is 18.1. The summed E-state index contributed by atoms with van der Waals surface area (Å²) in [4.78, 5) is 33.7. The molecule has 3 aliphatic rings. The number of amides is 1. The minimum Gasteiger partial charge on any atom is -0.489 e. The van der Waals surface area contributed by atoms with E-state index in [1.165, 1.54) is 12.4 Å². The van der Waals surface area contributed by atoms with Crippen molar-refractivity contribution in [2.75, 3.05) is 23.3 Å². The smallest absolute Gasteiger partial charge is 0.246 e. The monoisotopic (exact) mass is 481 g/mol. The molecular formula is C23H21ClFN7O2. The fraction of sp³-hybridized carbons (Fsp3) is 0.348. The van der Waals surface area contributed by atoms with Gasteiger partial charge in [-0.25, -0.2) is 24.3 Å². The van der Waals surface area contributed by atoms with Crippen molar-refractivity contribution < 1.29 is 13.9 Å². The first-order valence-corrected chi connectivity index (χ1v) is 11.5. The van der Waals surface area contributed by atoms with E-state index in [1.807, 2.05) is 4.90 Å². The number of carbonyl (C=O) groups is 1. The number of rotatable bonds is 6. The molecule has 4 heterocycles. The van der Waals surface area contributed by atoms with E-state index in [4.69, 9.17) is 21.3 Å². The molecule has 0 spiro atoms. The van der Waals surface area contributed by atoms with Gasteiger partial charge in [-0.3, -0.25) is 4.79 Å². The Labute approximate surface area is 199 Å². The van der Waals surface area contributed by atoms with Crippen LogP contribution in [-0.4, -0.2) is 62.0 Å². The predicted octanol–water partition coefficient (Wildman–Crippen LogP) is 3.47. The number of hydrogen-bond donors (Lipinski definition) is 1. The highest BCUT2D eigenvalue weighted by molar-refractivity contribution is 6.32. The molecule has 2 atom stereocenters. The molecular weight excluding hydrogens is 461 g/mol. The summed E-state index contributed by atoms with van der Waals surface area (Å²) in [5.41, 5.74) is 1.14. The number of ether oxygens (including phenoxy) is 1. The molecule has 0 radical (unpaired) electrons. The number of nitrogens with one attached hydrogen (secondary N) is 1. The Morgan fingerprint density at radius 1 is 1.24 bits per heavy atom. The molecule has 1 aliphatic carbocycles. The number of hydrogen-bond acceptors (Lipinski definition) is 8. The summed E-state index contributed by atoms with van der Waals surface area (Å²) in [5, 5.41) is 2.92. The van der Waals surface area contributed by atoms with Crippen molar-refractivity contribution in [2.24, 2.45) is 0 Å². The molecule has 174 valence electrons. The van der Waals surface area contributed by atoms with Crippen molar-refractivity contribution in [1.29, 1.82) is 0 Å². The summed E-state index contributed by atoms with van der Waals surface area (Å²) < 4.78 is 20.6. The second-order valence-corrected chi connectivity index (χ2v) is 9.08. The van der Waals surface area contributed by atoms with Crippen LogP contribution in [0, 0.1) is 5.82 Å². The number of piperazine rings is 1. The van der Waals surface area contributed by atoms with Gasteiger partial charge in [0.2, 0.25) is 11.9 Å². The predicted molar refractivity (Wildman–Crippen MR) is 125 cm³/mol. The largest absolute Gasteiger partial charge is 0.489 e. The average Bonchev–Trinajstić information content (AvgIpc) is 3.44. The summed E-state index contributed by atoms with van der Waals surface area (Å²) in [7, 11) is 0. The average molecular weight is 482 g/mol. The molecule has 1 saturated carbocycles. The highest BCUT2D eigenvalue weighted by Gasteiger charge is 2.45. The molecule has 6 rings (SSSR count). The quantitative estimate of drug-likeness (QED) is 0.535. The van der Waals surface area contributed by atoms with Gasteiger partial charge in [-0.1, -0.05) is 18.2 Å². The topological polar surface area (TPSA) is 96.4 Å². The molecule has 9 nitrogen and oxygen atoms in total. The first-order chi connectivity index (χ1) is 16.5. The van der Waals surface area contributed by atoms with Crippen molar-refractivity contribution >= 4 is 46.0 Å². The first-order valence-electron chi connectivity index (χ1n) is 11.1. The summed E-state index contributed by atoms with van der Waals surface area (Å²) >= 11 is 6.21. The number of benzene rings is 1. The molecule has 2 saturated heterocycles. The summed E-state index contributed by atoms with van der Waals surface area (Å²) in [6, 6.07) is 3.45. The van der Waals surface area contributed by atoms with Crippen molar-refractivity contribution in [2.45, 2.75) is 37.5 Å². The maximum Gasteiger partial charge on any atom is 0.246 e. The molecule has 0 unspecified atom stereocenters. The number of fused-ring (bicyclic) bond motifs is 3. The van der Waals surface area contributed by atoms with Crippen LogP contribution < -0.4 is 15.0 Å². The lowest BCUT2D eigenvalue weighted by Gasteiger charge is -2.33. The Balaban J connectivity index is 1.28. The van der Waals surface area contributed by atoms with E-state index in [0.717, 1.165) is 19.3 Å². The number of nitrogens with zero attached hydrogens (tertiary/aromatic N) is 6. The molecule has 3 fully saturated rings. The minimum atomic E-state index is -0.621. The van der Waals surface area contributed by atoms with Crippen molar-refractivity contribution in [3.8, 4) is 5.75 Å². The Morgan fingerprint density at radius 3 is 2.82 bits per heavy atom. The number of likely N-dealkylation sites (tertiary alicyclic amines) is 1. The van der Waals surface area contributed by atoms with Gasteiger partial charge in [0.15, 0.2) is 11.6 Å². The van der Waals surface area contributed by atoms with E-state index in [2.05, 4.69) is 31.7 Å². The third kappa shape index (κ3) is 3.58. The van der Waals surface area contributed by atoms with E-state index in [1.54, 1.807) is 18.3 Å².